The standard InChI is InChI=1S/C11H12N2O5/c1-6(9(14)13-11(12)17)18-8-4-2-3-7(5-8)10(15)16/h2-6H,1H3,(H,15,16)(H3,12,13,14,17). The summed E-state index contributed by atoms with van der Waals surface area (Å²) in [5, 5.41) is 10.6. The summed E-state index contributed by atoms with van der Waals surface area (Å²) in [6.45, 7) is 1.41. The van der Waals surface area contributed by atoms with Gasteiger partial charge in [-0.2, -0.15) is 0 Å². The molecule has 0 spiro atoms. The number of ether oxygens (including phenoxy) is 1. The van der Waals surface area contributed by atoms with Crippen molar-refractivity contribution >= 4 is 17.9 Å². The first-order valence-corrected chi connectivity index (χ1v) is 5.00. The van der Waals surface area contributed by atoms with E-state index in [9.17, 15) is 14.4 Å². The van der Waals surface area contributed by atoms with Crippen LogP contribution in [0, 0.1) is 0 Å². The number of carbonyl (C=O) groups excluding carboxylic acids is 2. The number of amides is 3. The molecule has 0 bridgehead atoms. The molecule has 0 fully saturated rings. The Morgan fingerprint density at radius 3 is 2.61 bits per heavy atom. The molecule has 0 aliphatic carbocycles. The number of rotatable bonds is 4. The predicted molar refractivity (Wildman–Crippen MR) is 61.2 cm³/mol. The van der Waals surface area contributed by atoms with Crippen LogP contribution in [0.15, 0.2) is 24.3 Å². The molecule has 1 unspecified atom stereocenters. The van der Waals surface area contributed by atoms with Crippen LogP contribution >= 0.6 is 0 Å². The van der Waals surface area contributed by atoms with Crippen LogP contribution in [-0.4, -0.2) is 29.1 Å². The second kappa shape index (κ2) is 5.67. The molecule has 1 aromatic rings. The molecule has 0 heterocycles. The van der Waals surface area contributed by atoms with E-state index in [1.165, 1.54) is 31.2 Å². The van der Waals surface area contributed by atoms with Gasteiger partial charge in [-0.25, -0.2) is 9.59 Å². The van der Waals surface area contributed by atoms with Gasteiger partial charge in [-0.3, -0.25) is 10.1 Å². The maximum absolute atomic E-state index is 11.3. The second-order valence-corrected chi connectivity index (χ2v) is 3.45. The van der Waals surface area contributed by atoms with E-state index in [1.807, 2.05) is 5.32 Å². The van der Waals surface area contributed by atoms with Crippen LogP contribution in [0.2, 0.25) is 0 Å². The van der Waals surface area contributed by atoms with Gasteiger partial charge < -0.3 is 15.6 Å². The quantitative estimate of drug-likeness (QED) is 0.714. The van der Waals surface area contributed by atoms with E-state index in [4.69, 9.17) is 15.6 Å². The number of carboxylic acid groups (broad SMARTS) is 1. The van der Waals surface area contributed by atoms with Gasteiger partial charge in [-0.15, -0.1) is 0 Å². The highest BCUT2D eigenvalue weighted by atomic mass is 16.5. The van der Waals surface area contributed by atoms with Gasteiger partial charge in [0.2, 0.25) is 0 Å². The zero-order valence-electron chi connectivity index (χ0n) is 9.54. The second-order valence-electron chi connectivity index (χ2n) is 3.45. The van der Waals surface area contributed by atoms with E-state index in [0.717, 1.165) is 0 Å². The molecule has 7 heteroatoms. The fourth-order valence-corrected chi connectivity index (χ4v) is 1.18. The molecule has 0 saturated heterocycles. The SMILES string of the molecule is CC(Oc1cccc(C(=O)O)c1)C(=O)NC(N)=O. The number of nitrogens with two attached hydrogens (primary N) is 1. The lowest BCUT2D eigenvalue weighted by atomic mass is 10.2. The highest BCUT2D eigenvalue weighted by Crippen LogP contribution is 2.15. The van der Waals surface area contributed by atoms with E-state index in [1.54, 1.807) is 0 Å². The fraction of sp³-hybridized carbons (Fsp3) is 0.182. The number of hydrogen-bond acceptors (Lipinski definition) is 4. The van der Waals surface area contributed by atoms with E-state index >= 15 is 0 Å². The summed E-state index contributed by atoms with van der Waals surface area (Å²) >= 11 is 0. The minimum absolute atomic E-state index is 0.0370. The lowest BCUT2D eigenvalue weighted by Gasteiger charge is -2.13. The van der Waals surface area contributed by atoms with Crippen LogP contribution < -0.4 is 15.8 Å². The Morgan fingerprint density at radius 2 is 2.06 bits per heavy atom. The van der Waals surface area contributed by atoms with Crippen molar-refractivity contribution in [2.24, 2.45) is 5.73 Å². The highest BCUT2D eigenvalue weighted by Gasteiger charge is 2.16. The molecule has 18 heavy (non-hydrogen) atoms. The number of carbonyl (C=O) groups is 3. The molecule has 1 atom stereocenters. The van der Waals surface area contributed by atoms with E-state index in [0.29, 0.717) is 0 Å². The normalized spacial score (nSPS) is 11.4. The topological polar surface area (TPSA) is 119 Å². The number of carboxylic acids is 1. The average molecular weight is 252 g/mol. The molecule has 7 nitrogen and oxygen atoms in total. The molecular weight excluding hydrogens is 240 g/mol. The van der Waals surface area contributed by atoms with Crippen molar-refractivity contribution in [2.75, 3.05) is 0 Å². The molecule has 0 aliphatic heterocycles. The molecular formula is C11H12N2O5. The maximum atomic E-state index is 11.3. The summed E-state index contributed by atoms with van der Waals surface area (Å²) in [4.78, 5) is 32.5. The summed E-state index contributed by atoms with van der Waals surface area (Å²) < 4.78 is 5.18. The van der Waals surface area contributed by atoms with Crippen LogP contribution in [0.25, 0.3) is 0 Å². The minimum Gasteiger partial charge on any atom is -0.481 e. The van der Waals surface area contributed by atoms with E-state index in [2.05, 4.69) is 0 Å². The number of nitrogens with one attached hydrogen (secondary N) is 1. The Bertz CT molecular complexity index is 486. The van der Waals surface area contributed by atoms with Crippen LogP contribution in [-0.2, 0) is 4.79 Å². The van der Waals surface area contributed by atoms with Crippen molar-refractivity contribution in [1.29, 1.82) is 0 Å². The van der Waals surface area contributed by atoms with E-state index < -0.39 is 24.0 Å². The largest absolute Gasteiger partial charge is 0.481 e. The predicted octanol–water partition coefficient (Wildman–Crippen LogP) is 0.347. The first kappa shape index (κ1) is 13.5. The third-order valence-electron chi connectivity index (χ3n) is 2.01. The van der Waals surface area contributed by atoms with Crippen LogP contribution in [0.3, 0.4) is 0 Å². The van der Waals surface area contributed by atoms with Gasteiger partial charge >= 0.3 is 12.0 Å². The van der Waals surface area contributed by atoms with Crippen molar-refractivity contribution in [3.63, 3.8) is 0 Å². The van der Waals surface area contributed by atoms with Gasteiger partial charge in [0.05, 0.1) is 5.56 Å². The number of benzene rings is 1. The Hall–Kier alpha value is -2.57. The number of hydrogen-bond donors (Lipinski definition) is 3. The van der Waals surface area contributed by atoms with Gasteiger partial charge in [0.1, 0.15) is 5.75 Å². The lowest BCUT2D eigenvalue weighted by Crippen LogP contribution is -2.42. The summed E-state index contributed by atoms with van der Waals surface area (Å²) in [5.41, 5.74) is 4.82. The zero-order chi connectivity index (χ0) is 13.7. The summed E-state index contributed by atoms with van der Waals surface area (Å²) in [5.74, 6) is -1.60. The van der Waals surface area contributed by atoms with Crippen LogP contribution in [0.1, 0.15) is 17.3 Å². The maximum Gasteiger partial charge on any atom is 0.335 e. The zero-order valence-corrected chi connectivity index (χ0v) is 9.54. The highest BCUT2D eigenvalue weighted by molar-refractivity contribution is 5.95. The van der Waals surface area contributed by atoms with Crippen LogP contribution in [0.4, 0.5) is 4.79 Å². The monoisotopic (exact) mass is 252 g/mol. The van der Waals surface area contributed by atoms with Gasteiger partial charge in [0.15, 0.2) is 6.10 Å². The Labute approximate surface area is 103 Å². The molecule has 4 N–H and O–H groups in total. The third kappa shape index (κ3) is 3.78. The average Bonchev–Trinajstić information content (AvgIpc) is 2.28. The Balaban J connectivity index is 2.72. The smallest absolute Gasteiger partial charge is 0.335 e. The third-order valence-corrected chi connectivity index (χ3v) is 2.01. The molecule has 3 amide bonds. The molecule has 1 rings (SSSR count). The van der Waals surface area contributed by atoms with E-state index in [-0.39, 0.29) is 11.3 Å². The van der Waals surface area contributed by atoms with Gasteiger partial charge in [-0.1, -0.05) is 6.07 Å². The van der Waals surface area contributed by atoms with Gasteiger partial charge in [0.25, 0.3) is 5.91 Å². The van der Waals surface area contributed by atoms with Crippen molar-refractivity contribution in [2.45, 2.75) is 13.0 Å². The summed E-state index contributed by atoms with van der Waals surface area (Å²) in [7, 11) is 0. The molecule has 0 aliphatic rings. The number of aromatic carboxylic acids is 1. The van der Waals surface area contributed by atoms with Crippen molar-refractivity contribution in [3.05, 3.63) is 29.8 Å². The van der Waals surface area contributed by atoms with Gasteiger partial charge in [-0.05, 0) is 25.1 Å². The molecule has 0 aromatic heterocycles. The van der Waals surface area contributed by atoms with Crippen LogP contribution in [0.5, 0.6) is 5.75 Å². The first-order chi connectivity index (χ1) is 8.40. The van der Waals surface area contributed by atoms with Crippen molar-refractivity contribution < 1.29 is 24.2 Å². The Morgan fingerprint density at radius 1 is 1.39 bits per heavy atom. The summed E-state index contributed by atoms with van der Waals surface area (Å²) in [6.07, 6.45) is -0.971. The molecule has 96 valence electrons. The molecule has 0 saturated carbocycles. The Kier molecular flexibility index (Phi) is 4.25. The van der Waals surface area contributed by atoms with Crippen molar-refractivity contribution in [1.82, 2.24) is 5.32 Å². The number of primary amides is 1. The first-order valence-electron chi connectivity index (χ1n) is 5.00. The fourth-order valence-electron chi connectivity index (χ4n) is 1.18. The number of imide groups is 1. The van der Waals surface area contributed by atoms with Gasteiger partial charge in [0, 0.05) is 0 Å². The van der Waals surface area contributed by atoms with Crippen molar-refractivity contribution in [3.8, 4) is 5.75 Å². The minimum atomic E-state index is -1.10. The summed E-state index contributed by atoms with van der Waals surface area (Å²) in [6, 6.07) is 4.67. The molecule has 1 aromatic carbocycles. The number of urea groups is 1. The lowest BCUT2D eigenvalue weighted by molar-refractivity contribution is -0.126. The molecule has 0 radical (unpaired) electrons.